The van der Waals surface area contributed by atoms with Crippen LogP contribution in [0.1, 0.15) is 0 Å². The molecule has 1 aromatic heterocycles. The summed E-state index contributed by atoms with van der Waals surface area (Å²) in [6.07, 6.45) is 1.24. The van der Waals surface area contributed by atoms with E-state index >= 15 is 0 Å². The van der Waals surface area contributed by atoms with E-state index in [4.69, 9.17) is 10.5 Å². The molecule has 2 N–H and O–H groups in total. The molecular formula is C21H22FN5O3S. The van der Waals surface area contributed by atoms with Crippen molar-refractivity contribution < 1.29 is 17.5 Å². The Morgan fingerprint density at radius 3 is 2.26 bits per heavy atom. The summed E-state index contributed by atoms with van der Waals surface area (Å²) in [6, 6.07) is 12.7. The Hall–Kier alpha value is -3.40. The van der Waals surface area contributed by atoms with E-state index < -0.39 is 9.84 Å². The first-order valence-electron chi connectivity index (χ1n) is 9.66. The number of rotatable bonds is 5. The number of halogens is 1. The van der Waals surface area contributed by atoms with Crippen LogP contribution in [-0.4, -0.2) is 51.7 Å². The molecule has 1 saturated heterocycles. The molecule has 10 heteroatoms. The summed E-state index contributed by atoms with van der Waals surface area (Å²) in [4.78, 5) is 12.3. The maximum atomic E-state index is 14.0. The van der Waals surface area contributed by atoms with Crippen LogP contribution < -0.4 is 20.3 Å². The van der Waals surface area contributed by atoms with E-state index in [0.717, 1.165) is 0 Å². The number of aromatic nitrogens is 2. The van der Waals surface area contributed by atoms with Gasteiger partial charge in [0.1, 0.15) is 22.3 Å². The van der Waals surface area contributed by atoms with Gasteiger partial charge in [-0.1, -0.05) is 12.1 Å². The van der Waals surface area contributed by atoms with Gasteiger partial charge in [0.15, 0.2) is 0 Å². The topological polar surface area (TPSA) is 102 Å². The van der Waals surface area contributed by atoms with Gasteiger partial charge in [0, 0.05) is 26.2 Å². The number of nitrogens with zero attached hydrogens (tertiary/aromatic N) is 4. The van der Waals surface area contributed by atoms with Gasteiger partial charge >= 0.3 is 0 Å². The SMILES string of the molecule is COc1ccc(S(=O)(=O)c2cnc(N3CCN(c4ccccc4F)CC3)nc2N)cc1. The average Bonchev–Trinajstić information content (AvgIpc) is 2.79. The van der Waals surface area contributed by atoms with E-state index in [2.05, 4.69) is 9.97 Å². The zero-order valence-corrected chi connectivity index (χ0v) is 17.7. The second-order valence-corrected chi connectivity index (χ2v) is 8.94. The molecule has 0 spiro atoms. The lowest BCUT2D eigenvalue weighted by Gasteiger charge is -2.36. The first kappa shape index (κ1) is 20.9. The Kier molecular flexibility index (Phi) is 5.64. The molecule has 3 aromatic rings. The monoisotopic (exact) mass is 443 g/mol. The molecule has 1 aliphatic rings. The number of anilines is 3. The highest BCUT2D eigenvalue weighted by Gasteiger charge is 2.25. The van der Waals surface area contributed by atoms with Crippen molar-refractivity contribution in [3.8, 4) is 5.75 Å². The molecule has 0 bridgehead atoms. The number of hydrogen-bond acceptors (Lipinski definition) is 8. The zero-order chi connectivity index (χ0) is 22.0. The van der Waals surface area contributed by atoms with E-state index in [9.17, 15) is 12.8 Å². The molecule has 4 rings (SSSR count). The van der Waals surface area contributed by atoms with Crippen LogP contribution in [0.2, 0.25) is 0 Å². The van der Waals surface area contributed by atoms with Gasteiger partial charge in [0.2, 0.25) is 15.8 Å². The minimum atomic E-state index is -3.87. The summed E-state index contributed by atoms with van der Waals surface area (Å²) in [5.74, 6) is 0.522. The fourth-order valence-corrected chi connectivity index (χ4v) is 4.73. The van der Waals surface area contributed by atoms with Crippen LogP contribution in [0.5, 0.6) is 5.75 Å². The van der Waals surface area contributed by atoms with Crippen LogP contribution in [0.15, 0.2) is 64.5 Å². The first-order chi connectivity index (χ1) is 14.9. The lowest BCUT2D eigenvalue weighted by molar-refractivity contribution is 0.414. The number of hydrogen-bond donors (Lipinski definition) is 1. The number of nitrogen functional groups attached to an aromatic ring is 1. The third-order valence-electron chi connectivity index (χ3n) is 5.19. The molecule has 1 aliphatic heterocycles. The van der Waals surface area contributed by atoms with Gasteiger partial charge in [-0.05, 0) is 36.4 Å². The molecule has 2 heterocycles. The largest absolute Gasteiger partial charge is 0.497 e. The number of methoxy groups -OCH3 is 1. The lowest BCUT2D eigenvalue weighted by atomic mass is 10.2. The quantitative estimate of drug-likeness (QED) is 0.641. The predicted octanol–water partition coefficient (Wildman–Crippen LogP) is 2.37. The van der Waals surface area contributed by atoms with Crippen molar-refractivity contribution in [1.29, 1.82) is 0 Å². The lowest BCUT2D eigenvalue weighted by Crippen LogP contribution is -2.47. The van der Waals surface area contributed by atoms with Crippen LogP contribution in [0.3, 0.4) is 0 Å². The second-order valence-electron chi connectivity index (χ2n) is 7.02. The summed E-state index contributed by atoms with van der Waals surface area (Å²) in [6.45, 7) is 2.27. The van der Waals surface area contributed by atoms with Crippen molar-refractivity contribution in [2.24, 2.45) is 0 Å². The van der Waals surface area contributed by atoms with Crippen LogP contribution in [-0.2, 0) is 9.84 Å². The number of ether oxygens (including phenoxy) is 1. The Morgan fingerprint density at radius 2 is 1.65 bits per heavy atom. The van der Waals surface area contributed by atoms with Gasteiger partial charge in [-0.25, -0.2) is 17.8 Å². The molecular weight excluding hydrogens is 421 g/mol. The molecule has 162 valence electrons. The molecule has 1 fully saturated rings. The van der Waals surface area contributed by atoms with Gasteiger partial charge < -0.3 is 20.3 Å². The smallest absolute Gasteiger partial charge is 0.227 e. The normalized spacial score (nSPS) is 14.5. The number of piperazine rings is 1. The fraction of sp³-hybridized carbons (Fsp3) is 0.238. The molecule has 31 heavy (non-hydrogen) atoms. The molecule has 0 radical (unpaired) electrons. The highest BCUT2D eigenvalue weighted by Crippen LogP contribution is 2.27. The maximum absolute atomic E-state index is 14.0. The van der Waals surface area contributed by atoms with E-state index in [-0.39, 0.29) is 21.4 Å². The first-order valence-corrected chi connectivity index (χ1v) is 11.1. The van der Waals surface area contributed by atoms with Crippen molar-refractivity contribution >= 4 is 27.3 Å². The average molecular weight is 444 g/mol. The van der Waals surface area contributed by atoms with Crippen molar-refractivity contribution in [2.45, 2.75) is 9.79 Å². The van der Waals surface area contributed by atoms with E-state index in [0.29, 0.717) is 43.6 Å². The summed E-state index contributed by atoms with van der Waals surface area (Å²) >= 11 is 0. The predicted molar refractivity (Wildman–Crippen MR) is 116 cm³/mol. The van der Waals surface area contributed by atoms with E-state index in [1.807, 2.05) is 9.80 Å². The van der Waals surface area contributed by atoms with Gasteiger partial charge in [-0.2, -0.15) is 4.98 Å². The number of benzene rings is 2. The van der Waals surface area contributed by atoms with Gasteiger partial charge in [-0.3, -0.25) is 0 Å². The van der Waals surface area contributed by atoms with Crippen LogP contribution in [0.4, 0.5) is 21.8 Å². The molecule has 0 amide bonds. The summed E-state index contributed by atoms with van der Waals surface area (Å²) in [5.41, 5.74) is 6.56. The van der Waals surface area contributed by atoms with E-state index in [1.54, 1.807) is 30.3 Å². The Labute approximate surface area is 180 Å². The van der Waals surface area contributed by atoms with E-state index in [1.165, 1.54) is 31.5 Å². The summed E-state index contributed by atoms with van der Waals surface area (Å²) in [7, 11) is -2.36. The van der Waals surface area contributed by atoms with Crippen molar-refractivity contribution in [2.75, 3.05) is 48.8 Å². The second kappa shape index (κ2) is 8.38. The molecule has 0 unspecified atom stereocenters. The van der Waals surface area contributed by atoms with Crippen LogP contribution in [0.25, 0.3) is 0 Å². The summed E-state index contributed by atoms with van der Waals surface area (Å²) in [5, 5.41) is 0. The Balaban J connectivity index is 1.51. The van der Waals surface area contributed by atoms with Gasteiger partial charge in [0.25, 0.3) is 0 Å². The van der Waals surface area contributed by atoms with Gasteiger partial charge in [-0.15, -0.1) is 0 Å². The fourth-order valence-electron chi connectivity index (χ4n) is 3.47. The molecule has 0 atom stereocenters. The molecule has 2 aromatic carbocycles. The number of sulfone groups is 1. The van der Waals surface area contributed by atoms with Gasteiger partial charge in [0.05, 0.1) is 23.9 Å². The Morgan fingerprint density at radius 1 is 1.00 bits per heavy atom. The number of para-hydroxylation sites is 1. The summed E-state index contributed by atoms with van der Waals surface area (Å²) < 4.78 is 44.9. The zero-order valence-electron chi connectivity index (χ0n) is 16.9. The minimum Gasteiger partial charge on any atom is -0.497 e. The number of nitrogens with two attached hydrogens (primary N) is 1. The van der Waals surface area contributed by atoms with Crippen molar-refractivity contribution in [1.82, 2.24) is 9.97 Å². The molecule has 0 aliphatic carbocycles. The molecule has 0 saturated carbocycles. The van der Waals surface area contributed by atoms with Crippen molar-refractivity contribution in [3.63, 3.8) is 0 Å². The third-order valence-corrected chi connectivity index (χ3v) is 6.97. The van der Waals surface area contributed by atoms with Crippen molar-refractivity contribution in [3.05, 3.63) is 60.5 Å². The molecule has 8 nitrogen and oxygen atoms in total. The minimum absolute atomic E-state index is 0.0786. The standard InChI is InChI=1S/C21H22FN5O3S/c1-30-15-6-8-16(9-7-15)31(28,29)19-14-24-21(25-20(19)23)27-12-10-26(11-13-27)18-5-3-2-4-17(18)22/h2-9,14H,10-13H2,1H3,(H2,23,24,25). The maximum Gasteiger partial charge on any atom is 0.227 e. The van der Waals surface area contributed by atoms with Crippen LogP contribution >= 0.6 is 0 Å². The Bertz CT molecular complexity index is 1180. The van der Waals surface area contributed by atoms with Crippen LogP contribution in [0, 0.1) is 5.82 Å². The third kappa shape index (κ3) is 4.11. The highest BCUT2D eigenvalue weighted by molar-refractivity contribution is 7.91. The highest BCUT2D eigenvalue weighted by atomic mass is 32.2.